The summed E-state index contributed by atoms with van der Waals surface area (Å²) in [5, 5.41) is 3.66. The first-order valence-corrected chi connectivity index (χ1v) is 6.27. The maximum absolute atomic E-state index is 6.04. The van der Waals surface area contributed by atoms with E-state index < -0.39 is 0 Å². The molecule has 1 aromatic heterocycles. The summed E-state index contributed by atoms with van der Waals surface area (Å²) in [5.41, 5.74) is 0. The molecule has 2 rings (SSSR count). The average molecular weight is 329 g/mol. The normalized spacial score (nSPS) is 15.6. The Hall–Kier alpha value is -0.330. The van der Waals surface area contributed by atoms with Gasteiger partial charge in [-0.15, -0.1) is 24.8 Å². The molecule has 1 N–H and O–H groups in total. The first kappa shape index (κ1) is 18.7. The minimum absolute atomic E-state index is 0. The molecule has 0 radical (unpaired) electrons. The van der Waals surface area contributed by atoms with Gasteiger partial charge in [0.15, 0.2) is 11.0 Å². The van der Waals surface area contributed by atoms with Crippen LogP contribution in [0, 0.1) is 0 Å². The van der Waals surface area contributed by atoms with Gasteiger partial charge in [-0.1, -0.05) is 11.6 Å². The summed E-state index contributed by atoms with van der Waals surface area (Å²) >= 11 is 6.04. The monoisotopic (exact) mass is 327 g/mol. The summed E-state index contributed by atoms with van der Waals surface area (Å²) in [5.74, 6) is 0.808. The Morgan fingerprint density at radius 3 is 2.37 bits per heavy atom. The Morgan fingerprint density at radius 1 is 1.16 bits per heavy atom. The largest absolute Gasteiger partial charge is 0.351 e. The molecule has 5 nitrogen and oxygen atoms in total. The zero-order valence-electron chi connectivity index (χ0n) is 10.9. The number of halogens is 3. The van der Waals surface area contributed by atoms with Crippen LogP contribution in [-0.2, 0) is 0 Å². The SMILES string of the molecule is CNCCN1CCN(c2nccnc2Cl)CC1.Cl.Cl. The van der Waals surface area contributed by atoms with Gasteiger partial charge in [-0.05, 0) is 7.05 Å². The van der Waals surface area contributed by atoms with Crippen LogP contribution in [0.5, 0.6) is 0 Å². The van der Waals surface area contributed by atoms with E-state index in [0.717, 1.165) is 45.1 Å². The first-order chi connectivity index (χ1) is 8.31. The fraction of sp³-hybridized carbons (Fsp3) is 0.636. The number of rotatable bonds is 4. The van der Waals surface area contributed by atoms with Crippen molar-refractivity contribution in [3.63, 3.8) is 0 Å². The molecule has 110 valence electrons. The van der Waals surface area contributed by atoms with Crippen molar-refractivity contribution < 1.29 is 0 Å². The Labute approximate surface area is 131 Å². The molecule has 8 heteroatoms. The third-order valence-electron chi connectivity index (χ3n) is 2.99. The number of nitrogens with zero attached hydrogens (tertiary/aromatic N) is 4. The van der Waals surface area contributed by atoms with Crippen LogP contribution >= 0.6 is 36.4 Å². The second-order valence-corrected chi connectivity index (χ2v) is 4.46. The highest BCUT2D eigenvalue weighted by Crippen LogP contribution is 2.20. The second kappa shape index (κ2) is 9.55. The van der Waals surface area contributed by atoms with E-state index in [4.69, 9.17) is 11.6 Å². The number of hydrogen-bond acceptors (Lipinski definition) is 5. The van der Waals surface area contributed by atoms with Crippen LogP contribution in [0.4, 0.5) is 5.82 Å². The molecule has 1 saturated heterocycles. The molecule has 1 aliphatic heterocycles. The molecule has 2 heterocycles. The summed E-state index contributed by atoms with van der Waals surface area (Å²) in [6, 6.07) is 0. The highest BCUT2D eigenvalue weighted by Gasteiger charge is 2.19. The van der Waals surface area contributed by atoms with Crippen molar-refractivity contribution in [3.05, 3.63) is 17.5 Å². The minimum atomic E-state index is 0. The fourth-order valence-corrected chi connectivity index (χ4v) is 2.20. The lowest BCUT2D eigenvalue weighted by Crippen LogP contribution is -2.48. The molecule has 0 spiro atoms. The van der Waals surface area contributed by atoms with Crippen molar-refractivity contribution in [1.29, 1.82) is 0 Å². The summed E-state index contributed by atoms with van der Waals surface area (Å²) in [6.07, 6.45) is 3.31. The molecule has 19 heavy (non-hydrogen) atoms. The molecule has 0 aromatic carbocycles. The van der Waals surface area contributed by atoms with Crippen molar-refractivity contribution in [2.24, 2.45) is 0 Å². The van der Waals surface area contributed by atoms with Crippen LogP contribution in [0.1, 0.15) is 0 Å². The maximum Gasteiger partial charge on any atom is 0.171 e. The van der Waals surface area contributed by atoms with E-state index in [2.05, 4.69) is 25.1 Å². The Kier molecular flexibility index (Phi) is 9.39. The maximum atomic E-state index is 6.04. The third kappa shape index (κ3) is 5.28. The van der Waals surface area contributed by atoms with Gasteiger partial charge in [-0.25, -0.2) is 9.97 Å². The number of anilines is 1. The van der Waals surface area contributed by atoms with Crippen LogP contribution < -0.4 is 10.2 Å². The number of nitrogens with one attached hydrogen (secondary N) is 1. The molecule has 1 fully saturated rings. The predicted molar refractivity (Wildman–Crippen MR) is 84.1 cm³/mol. The molecule has 1 aromatic rings. The van der Waals surface area contributed by atoms with E-state index in [1.54, 1.807) is 12.4 Å². The number of likely N-dealkylation sites (N-methyl/N-ethyl adjacent to an activating group) is 1. The van der Waals surface area contributed by atoms with Crippen molar-refractivity contribution in [2.45, 2.75) is 0 Å². The Morgan fingerprint density at radius 2 is 1.79 bits per heavy atom. The van der Waals surface area contributed by atoms with E-state index in [1.807, 2.05) is 7.05 Å². The van der Waals surface area contributed by atoms with Gasteiger partial charge < -0.3 is 10.2 Å². The summed E-state index contributed by atoms with van der Waals surface area (Å²) in [6.45, 7) is 6.15. The lowest BCUT2D eigenvalue weighted by Gasteiger charge is -2.35. The van der Waals surface area contributed by atoms with Crippen LogP contribution in [0.3, 0.4) is 0 Å². The molecule has 1 aliphatic rings. The Bertz CT molecular complexity index is 358. The molecule has 0 atom stereocenters. The number of aromatic nitrogens is 2. The van der Waals surface area contributed by atoms with Gasteiger partial charge in [0.05, 0.1) is 0 Å². The third-order valence-corrected chi connectivity index (χ3v) is 3.25. The molecule has 0 aliphatic carbocycles. The second-order valence-electron chi connectivity index (χ2n) is 4.10. The summed E-state index contributed by atoms with van der Waals surface area (Å²) in [4.78, 5) is 13.0. The number of piperazine rings is 1. The van der Waals surface area contributed by atoms with E-state index >= 15 is 0 Å². The molecular weight excluding hydrogens is 309 g/mol. The van der Waals surface area contributed by atoms with E-state index in [-0.39, 0.29) is 24.8 Å². The lowest BCUT2D eigenvalue weighted by atomic mass is 10.3. The van der Waals surface area contributed by atoms with Gasteiger partial charge in [0.2, 0.25) is 0 Å². The predicted octanol–water partition coefficient (Wildman–Crippen LogP) is 1.31. The van der Waals surface area contributed by atoms with Gasteiger partial charge in [-0.3, -0.25) is 4.90 Å². The zero-order chi connectivity index (χ0) is 12.1. The molecule has 0 unspecified atom stereocenters. The molecule has 0 amide bonds. The van der Waals surface area contributed by atoms with Gasteiger partial charge in [0.25, 0.3) is 0 Å². The van der Waals surface area contributed by atoms with Gasteiger partial charge >= 0.3 is 0 Å². The van der Waals surface area contributed by atoms with Crippen LogP contribution in [0.25, 0.3) is 0 Å². The van der Waals surface area contributed by atoms with Crippen LogP contribution in [-0.4, -0.2) is 61.2 Å². The van der Waals surface area contributed by atoms with Crippen molar-refractivity contribution in [1.82, 2.24) is 20.2 Å². The standard InChI is InChI=1S/C11H18ClN5.2ClH/c1-13-4-5-16-6-8-17(9-7-16)11-10(12)14-2-3-15-11;;/h2-3,13H,4-9H2,1H3;2*1H. The smallest absolute Gasteiger partial charge is 0.171 e. The topological polar surface area (TPSA) is 44.3 Å². The summed E-state index contributed by atoms with van der Waals surface area (Å²) in [7, 11) is 1.98. The molecule has 0 bridgehead atoms. The summed E-state index contributed by atoms with van der Waals surface area (Å²) < 4.78 is 0. The average Bonchev–Trinajstić information content (AvgIpc) is 2.38. The van der Waals surface area contributed by atoms with E-state index in [9.17, 15) is 0 Å². The highest BCUT2D eigenvalue weighted by atomic mass is 35.5. The van der Waals surface area contributed by atoms with Crippen LogP contribution in [0.15, 0.2) is 12.4 Å². The van der Waals surface area contributed by atoms with Crippen molar-refractivity contribution in [2.75, 3.05) is 51.2 Å². The molecule has 0 saturated carbocycles. The van der Waals surface area contributed by atoms with Crippen molar-refractivity contribution >= 4 is 42.2 Å². The van der Waals surface area contributed by atoms with E-state index in [0.29, 0.717) is 5.15 Å². The number of hydrogen-bond donors (Lipinski definition) is 1. The first-order valence-electron chi connectivity index (χ1n) is 5.89. The Balaban J connectivity index is 0.00000162. The fourth-order valence-electron chi connectivity index (χ4n) is 1.98. The van der Waals surface area contributed by atoms with Crippen LogP contribution in [0.2, 0.25) is 5.15 Å². The minimum Gasteiger partial charge on any atom is -0.351 e. The zero-order valence-corrected chi connectivity index (χ0v) is 13.3. The van der Waals surface area contributed by atoms with Gasteiger partial charge in [0.1, 0.15) is 0 Å². The lowest BCUT2D eigenvalue weighted by molar-refractivity contribution is 0.259. The van der Waals surface area contributed by atoms with Crippen molar-refractivity contribution in [3.8, 4) is 0 Å². The highest BCUT2D eigenvalue weighted by molar-refractivity contribution is 6.31. The quantitative estimate of drug-likeness (QED) is 0.903. The van der Waals surface area contributed by atoms with E-state index in [1.165, 1.54) is 0 Å². The molecular formula is C11H20Cl3N5. The van der Waals surface area contributed by atoms with Gasteiger partial charge in [-0.2, -0.15) is 0 Å². The van der Waals surface area contributed by atoms with Gasteiger partial charge in [0, 0.05) is 51.7 Å².